The summed E-state index contributed by atoms with van der Waals surface area (Å²) in [4.78, 5) is 0. The van der Waals surface area contributed by atoms with Crippen LogP contribution in [0.1, 0.15) is 12.8 Å². The van der Waals surface area contributed by atoms with Crippen molar-refractivity contribution in [2.45, 2.75) is 18.1 Å². The summed E-state index contributed by atoms with van der Waals surface area (Å²) in [6, 6.07) is 0. The first-order valence-electron chi connectivity index (χ1n) is 3.47. The highest BCUT2D eigenvalue weighted by Crippen LogP contribution is 2.18. The van der Waals surface area contributed by atoms with Crippen LogP contribution in [0.25, 0.3) is 0 Å². The molecule has 1 unspecified atom stereocenters. The van der Waals surface area contributed by atoms with E-state index in [2.05, 4.69) is 11.8 Å². The lowest BCUT2D eigenvalue weighted by Crippen LogP contribution is -2.13. The average molecular weight is 174 g/mol. The van der Waals surface area contributed by atoms with Crippen molar-refractivity contribution in [3.8, 4) is 11.8 Å². The summed E-state index contributed by atoms with van der Waals surface area (Å²) in [5.41, 5.74) is 0. The summed E-state index contributed by atoms with van der Waals surface area (Å²) in [7, 11) is -2.94. The number of aliphatic hydroxyl groups is 1. The van der Waals surface area contributed by atoms with Gasteiger partial charge in [-0.15, -0.1) is 0 Å². The molecule has 1 aliphatic rings. The molecule has 0 amide bonds. The zero-order valence-corrected chi connectivity index (χ0v) is 6.89. The lowest BCUT2D eigenvalue weighted by Gasteiger charge is -1.96. The highest BCUT2D eigenvalue weighted by Gasteiger charge is 2.29. The summed E-state index contributed by atoms with van der Waals surface area (Å²) in [6.45, 7) is -0.258. The van der Waals surface area contributed by atoms with Crippen LogP contribution in [0.2, 0.25) is 0 Å². The highest BCUT2D eigenvalue weighted by molar-refractivity contribution is 7.92. The third kappa shape index (κ3) is 1.95. The van der Waals surface area contributed by atoms with Gasteiger partial charge in [-0.05, 0) is 12.8 Å². The second-order valence-electron chi connectivity index (χ2n) is 2.48. The van der Waals surface area contributed by atoms with Gasteiger partial charge in [-0.3, -0.25) is 0 Å². The summed E-state index contributed by atoms with van der Waals surface area (Å²) < 4.78 is 22.2. The van der Waals surface area contributed by atoms with E-state index in [1.54, 1.807) is 0 Å². The van der Waals surface area contributed by atoms with E-state index < -0.39 is 15.1 Å². The van der Waals surface area contributed by atoms with Gasteiger partial charge in [-0.25, -0.2) is 8.42 Å². The monoisotopic (exact) mass is 174 g/mol. The molecule has 0 radical (unpaired) electrons. The van der Waals surface area contributed by atoms with E-state index in [1.807, 2.05) is 0 Å². The molecule has 0 aromatic rings. The number of rotatable bonds is 0. The molecule has 1 atom stereocenters. The molecule has 0 spiro atoms. The molecule has 1 rings (SSSR count). The van der Waals surface area contributed by atoms with E-state index >= 15 is 0 Å². The molecule has 1 aliphatic heterocycles. The maximum absolute atomic E-state index is 11.1. The number of hydrogen-bond acceptors (Lipinski definition) is 3. The second kappa shape index (κ2) is 3.24. The van der Waals surface area contributed by atoms with E-state index in [9.17, 15) is 8.42 Å². The third-order valence-corrected chi connectivity index (χ3v) is 3.75. The van der Waals surface area contributed by atoms with Crippen LogP contribution in [0.15, 0.2) is 0 Å². The van der Waals surface area contributed by atoms with Crippen molar-refractivity contribution in [3.05, 3.63) is 0 Å². The van der Waals surface area contributed by atoms with Crippen LogP contribution < -0.4 is 0 Å². The van der Waals surface area contributed by atoms with Crippen molar-refractivity contribution in [2.75, 3.05) is 12.4 Å². The van der Waals surface area contributed by atoms with Crippen molar-refractivity contribution in [1.82, 2.24) is 0 Å². The normalized spacial score (nSPS) is 27.5. The van der Waals surface area contributed by atoms with Gasteiger partial charge in [0.05, 0.1) is 5.75 Å². The molecule has 0 saturated carbocycles. The summed E-state index contributed by atoms with van der Waals surface area (Å²) in [5, 5.41) is 7.81. The Bertz CT molecular complexity index is 281. The number of hydrogen-bond donors (Lipinski definition) is 1. The Morgan fingerprint density at radius 2 is 2.27 bits per heavy atom. The van der Waals surface area contributed by atoms with Crippen LogP contribution in [-0.2, 0) is 9.84 Å². The fourth-order valence-corrected chi connectivity index (χ4v) is 2.76. The van der Waals surface area contributed by atoms with Crippen molar-refractivity contribution in [2.24, 2.45) is 0 Å². The number of sulfone groups is 1. The third-order valence-electron chi connectivity index (χ3n) is 1.67. The Labute approximate surface area is 66.3 Å². The molecule has 11 heavy (non-hydrogen) atoms. The Hall–Kier alpha value is -0.530. The topological polar surface area (TPSA) is 54.4 Å². The van der Waals surface area contributed by atoms with Gasteiger partial charge in [0.25, 0.3) is 0 Å². The minimum Gasteiger partial charge on any atom is -0.384 e. The zero-order valence-electron chi connectivity index (χ0n) is 6.08. The van der Waals surface area contributed by atoms with E-state index in [4.69, 9.17) is 5.11 Å². The van der Waals surface area contributed by atoms with E-state index in [0.29, 0.717) is 12.8 Å². The lowest BCUT2D eigenvalue weighted by atomic mass is 10.2. The predicted molar refractivity (Wildman–Crippen MR) is 41.7 cm³/mol. The standard InChI is InChI=1S/C7H10O3S/c8-5-1-3-7-4-2-6-11(7,9)10/h7-8H,2,4-6H2. The molecule has 0 bridgehead atoms. The van der Waals surface area contributed by atoms with Gasteiger partial charge >= 0.3 is 0 Å². The van der Waals surface area contributed by atoms with Crippen LogP contribution >= 0.6 is 0 Å². The van der Waals surface area contributed by atoms with E-state index in [-0.39, 0.29) is 12.4 Å². The van der Waals surface area contributed by atoms with Crippen LogP contribution in [0.3, 0.4) is 0 Å². The molecule has 4 heteroatoms. The van der Waals surface area contributed by atoms with Gasteiger partial charge in [0, 0.05) is 0 Å². The molecule has 0 aliphatic carbocycles. The smallest absolute Gasteiger partial charge is 0.164 e. The van der Waals surface area contributed by atoms with Crippen molar-refractivity contribution < 1.29 is 13.5 Å². The molecule has 1 heterocycles. The predicted octanol–water partition coefficient (Wildman–Crippen LogP) is -0.441. The van der Waals surface area contributed by atoms with E-state index in [1.165, 1.54) is 0 Å². The average Bonchev–Trinajstić information content (AvgIpc) is 2.25. The van der Waals surface area contributed by atoms with Gasteiger partial charge in [0.1, 0.15) is 11.9 Å². The van der Waals surface area contributed by atoms with Gasteiger partial charge in [-0.1, -0.05) is 11.8 Å². The lowest BCUT2D eigenvalue weighted by molar-refractivity contribution is 0.350. The Morgan fingerprint density at radius 3 is 2.73 bits per heavy atom. The van der Waals surface area contributed by atoms with Crippen molar-refractivity contribution in [1.29, 1.82) is 0 Å². The molecule has 3 nitrogen and oxygen atoms in total. The molecule has 62 valence electrons. The fraction of sp³-hybridized carbons (Fsp3) is 0.714. The summed E-state index contributed by atoms with van der Waals surface area (Å²) >= 11 is 0. The van der Waals surface area contributed by atoms with Crippen molar-refractivity contribution in [3.63, 3.8) is 0 Å². The van der Waals surface area contributed by atoms with Gasteiger partial charge < -0.3 is 5.11 Å². The maximum atomic E-state index is 11.1. The molecular weight excluding hydrogens is 164 g/mol. The second-order valence-corrected chi connectivity index (χ2v) is 4.78. The molecule has 1 saturated heterocycles. The first-order chi connectivity index (χ1) is 5.17. The zero-order chi connectivity index (χ0) is 8.32. The minimum atomic E-state index is -2.94. The quantitative estimate of drug-likeness (QED) is 0.506. The van der Waals surface area contributed by atoms with Gasteiger partial charge in [-0.2, -0.15) is 0 Å². The maximum Gasteiger partial charge on any atom is 0.164 e. The molecule has 1 N–H and O–H groups in total. The fourth-order valence-electron chi connectivity index (χ4n) is 1.11. The SMILES string of the molecule is O=S1(=O)CCCC1C#CCO. The first kappa shape index (κ1) is 8.57. The van der Waals surface area contributed by atoms with Crippen LogP contribution in [-0.4, -0.2) is 31.1 Å². The van der Waals surface area contributed by atoms with E-state index in [0.717, 1.165) is 0 Å². The Morgan fingerprint density at radius 1 is 1.55 bits per heavy atom. The first-order valence-corrected chi connectivity index (χ1v) is 5.19. The Balaban J connectivity index is 2.74. The van der Waals surface area contributed by atoms with Crippen LogP contribution in [0.5, 0.6) is 0 Å². The van der Waals surface area contributed by atoms with Crippen LogP contribution in [0.4, 0.5) is 0 Å². The summed E-state index contributed by atoms with van der Waals surface area (Å²) in [5.74, 6) is 5.15. The van der Waals surface area contributed by atoms with Crippen molar-refractivity contribution >= 4 is 9.84 Å². The molecule has 1 fully saturated rings. The molecule has 0 aromatic heterocycles. The van der Waals surface area contributed by atoms with Gasteiger partial charge in [0.15, 0.2) is 9.84 Å². The van der Waals surface area contributed by atoms with Gasteiger partial charge in [0.2, 0.25) is 0 Å². The van der Waals surface area contributed by atoms with Crippen LogP contribution in [0, 0.1) is 11.8 Å². The molecule has 0 aromatic carbocycles. The largest absolute Gasteiger partial charge is 0.384 e. The summed E-state index contributed by atoms with van der Waals surface area (Å²) in [6.07, 6.45) is 1.32. The number of aliphatic hydroxyl groups excluding tert-OH is 1. The minimum absolute atomic E-state index is 0.248. The Kier molecular flexibility index (Phi) is 2.53. The molecular formula is C7H10O3S. The highest BCUT2D eigenvalue weighted by atomic mass is 32.2.